The minimum atomic E-state index is -0.796. The number of benzene rings is 1. The summed E-state index contributed by atoms with van der Waals surface area (Å²) in [5, 5.41) is 12.2. The van der Waals surface area contributed by atoms with Gasteiger partial charge >= 0.3 is 6.09 Å². The second-order valence-corrected chi connectivity index (χ2v) is 9.65. The lowest BCUT2D eigenvalue weighted by molar-refractivity contribution is 0.0922. The Morgan fingerprint density at radius 3 is 2.47 bits per heavy atom. The lowest BCUT2D eigenvalue weighted by atomic mass is 9.93. The lowest BCUT2D eigenvalue weighted by Crippen LogP contribution is -2.44. The zero-order valence-corrected chi connectivity index (χ0v) is 19.1. The zero-order chi connectivity index (χ0) is 22.7. The Morgan fingerprint density at radius 2 is 1.81 bits per heavy atom. The highest BCUT2D eigenvalue weighted by Crippen LogP contribution is 2.23. The van der Waals surface area contributed by atoms with Gasteiger partial charge in [-0.25, -0.2) is 9.78 Å². The second kappa shape index (κ2) is 9.90. The van der Waals surface area contributed by atoms with E-state index in [9.17, 15) is 9.59 Å². The van der Waals surface area contributed by atoms with Gasteiger partial charge in [-0.15, -0.1) is 0 Å². The van der Waals surface area contributed by atoms with Crippen LogP contribution in [0.2, 0.25) is 0 Å². The molecule has 174 valence electrons. The fraction of sp³-hybridized carbons (Fsp3) is 0.625. The van der Waals surface area contributed by atoms with Crippen LogP contribution in [0, 0.1) is 11.8 Å². The highest BCUT2D eigenvalue weighted by atomic mass is 16.4. The number of carboxylic acid groups (broad SMARTS) is 1. The van der Waals surface area contributed by atoms with Crippen molar-refractivity contribution < 1.29 is 14.7 Å². The number of carbonyl (C=O) groups excluding carboxylic acids is 1. The molecule has 0 atom stereocenters. The number of nitrogens with zero attached hydrogens (tertiary/aromatic N) is 3. The van der Waals surface area contributed by atoms with Crippen LogP contribution in [0.15, 0.2) is 18.2 Å². The molecular formula is C24H35N5O3. The number of piperidine rings is 2. The first kappa shape index (κ1) is 22.6. The van der Waals surface area contributed by atoms with Gasteiger partial charge < -0.3 is 25.2 Å². The molecule has 0 radical (unpaired) electrons. The third kappa shape index (κ3) is 5.23. The summed E-state index contributed by atoms with van der Waals surface area (Å²) in [4.78, 5) is 35.9. The molecule has 0 unspecified atom stereocenters. The van der Waals surface area contributed by atoms with E-state index in [1.54, 1.807) is 0 Å². The number of nitrogens with one attached hydrogen (secondary N) is 2. The zero-order valence-electron chi connectivity index (χ0n) is 19.1. The molecule has 2 saturated heterocycles. The Morgan fingerprint density at radius 1 is 1.12 bits per heavy atom. The number of H-pyrrole nitrogens is 1. The largest absolute Gasteiger partial charge is 0.465 e. The van der Waals surface area contributed by atoms with Crippen LogP contribution < -0.4 is 5.32 Å². The number of rotatable bonds is 6. The van der Waals surface area contributed by atoms with Crippen molar-refractivity contribution >= 4 is 23.0 Å². The van der Waals surface area contributed by atoms with Crippen molar-refractivity contribution in [2.24, 2.45) is 11.8 Å². The topological polar surface area (TPSA) is 102 Å². The average molecular weight is 442 g/mol. The molecule has 8 nitrogen and oxygen atoms in total. The SMILES string of the molecule is CC(C)c1nc2c(C(=O)NCC3CCN(CC4CCN(C(=O)O)CC4)CC3)cccc2[nH]1. The van der Waals surface area contributed by atoms with E-state index in [4.69, 9.17) is 5.11 Å². The molecule has 3 heterocycles. The van der Waals surface area contributed by atoms with Gasteiger partial charge in [0.1, 0.15) is 11.3 Å². The number of likely N-dealkylation sites (tertiary alicyclic amines) is 2. The molecule has 2 fully saturated rings. The predicted molar refractivity (Wildman–Crippen MR) is 124 cm³/mol. The molecule has 3 N–H and O–H groups in total. The van der Waals surface area contributed by atoms with Gasteiger partial charge in [-0.05, 0) is 62.7 Å². The lowest BCUT2D eigenvalue weighted by Gasteiger charge is -2.37. The number of amides is 2. The Bertz CT molecular complexity index is 940. The monoisotopic (exact) mass is 441 g/mol. The average Bonchev–Trinajstić information content (AvgIpc) is 3.24. The van der Waals surface area contributed by atoms with Crippen LogP contribution >= 0.6 is 0 Å². The minimum absolute atomic E-state index is 0.0509. The molecule has 2 aliphatic heterocycles. The van der Waals surface area contributed by atoms with E-state index in [2.05, 4.69) is 34.0 Å². The smallest absolute Gasteiger partial charge is 0.407 e. The highest BCUT2D eigenvalue weighted by Gasteiger charge is 2.26. The van der Waals surface area contributed by atoms with Crippen molar-refractivity contribution in [1.82, 2.24) is 25.1 Å². The molecule has 4 rings (SSSR count). The van der Waals surface area contributed by atoms with Crippen LogP contribution in [0.1, 0.15) is 61.6 Å². The van der Waals surface area contributed by atoms with Crippen LogP contribution in [0.3, 0.4) is 0 Å². The third-order valence-corrected chi connectivity index (χ3v) is 6.98. The standard InChI is InChI=1S/C24H35N5O3/c1-16(2)22-26-20-5-3-4-19(21(20)27-22)23(30)25-14-17-6-10-28(11-7-17)15-18-8-12-29(13-9-18)24(31)32/h3-5,16-18H,6-15H2,1-2H3,(H,25,30)(H,26,27)(H,31,32). The van der Waals surface area contributed by atoms with Crippen molar-refractivity contribution in [2.45, 2.75) is 45.4 Å². The summed E-state index contributed by atoms with van der Waals surface area (Å²) < 4.78 is 0. The van der Waals surface area contributed by atoms with Crippen LogP contribution in [0.4, 0.5) is 4.79 Å². The quantitative estimate of drug-likeness (QED) is 0.637. The van der Waals surface area contributed by atoms with Crippen LogP contribution in [-0.4, -0.2) is 76.1 Å². The Kier molecular flexibility index (Phi) is 6.98. The van der Waals surface area contributed by atoms with E-state index in [1.807, 2.05) is 18.2 Å². The number of aromatic nitrogens is 2. The minimum Gasteiger partial charge on any atom is -0.465 e. The van der Waals surface area contributed by atoms with Crippen molar-refractivity contribution in [3.05, 3.63) is 29.6 Å². The summed E-state index contributed by atoms with van der Waals surface area (Å²) in [6, 6.07) is 5.71. The van der Waals surface area contributed by atoms with Gasteiger partial charge in [-0.2, -0.15) is 0 Å². The summed E-state index contributed by atoms with van der Waals surface area (Å²) in [7, 11) is 0. The number of aromatic amines is 1. The summed E-state index contributed by atoms with van der Waals surface area (Å²) in [6.45, 7) is 9.34. The molecule has 0 bridgehead atoms. The maximum absolute atomic E-state index is 12.9. The summed E-state index contributed by atoms with van der Waals surface area (Å²) >= 11 is 0. The fourth-order valence-electron chi connectivity index (χ4n) is 4.89. The highest BCUT2D eigenvalue weighted by molar-refractivity contribution is 6.04. The molecule has 2 amide bonds. The molecule has 0 aliphatic carbocycles. The molecule has 2 aromatic rings. The first-order chi connectivity index (χ1) is 15.4. The maximum atomic E-state index is 12.9. The van der Waals surface area contributed by atoms with Crippen LogP contribution in [0.25, 0.3) is 11.0 Å². The summed E-state index contributed by atoms with van der Waals surface area (Å²) in [6.07, 6.45) is 3.28. The summed E-state index contributed by atoms with van der Waals surface area (Å²) in [5.74, 6) is 2.22. The molecule has 32 heavy (non-hydrogen) atoms. The van der Waals surface area contributed by atoms with Crippen molar-refractivity contribution in [2.75, 3.05) is 39.3 Å². The van der Waals surface area contributed by atoms with Crippen LogP contribution in [0.5, 0.6) is 0 Å². The Balaban J connectivity index is 1.23. The third-order valence-electron chi connectivity index (χ3n) is 6.98. The van der Waals surface area contributed by atoms with Crippen molar-refractivity contribution in [1.29, 1.82) is 0 Å². The molecule has 1 aromatic heterocycles. The van der Waals surface area contributed by atoms with Gasteiger partial charge in [0, 0.05) is 32.1 Å². The predicted octanol–water partition coefficient (Wildman–Crippen LogP) is 3.52. The molecule has 8 heteroatoms. The summed E-state index contributed by atoms with van der Waals surface area (Å²) in [5.41, 5.74) is 2.29. The van der Waals surface area contributed by atoms with E-state index in [-0.39, 0.29) is 11.8 Å². The second-order valence-electron chi connectivity index (χ2n) is 9.65. The number of imidazole rings is 1. The molecule has 0 spiro atoms. The molecule has 2 aliphatic rings. The first-order valence-corrected chi connectivity index (χ1v) is 11.9. The van der Waals surface area contributed by atoms with Gasteiger partial charge in [0.2, 0.25) is 0 Å². The molecule has 1 aromatic carbocycles. The van der Waals surface area contributed by atoms with Gasteiger partial charge in [0.05, 0.1) is 11.1 Å². The first-order valence-electron chi connectivity index (χ1n) is 11.9. The van der Waals surface area contributed by atoms with E-state index in [0.717, 1.165) is 62.2 Å². The number of hydrogen-bond acceptors (Lipinski definition) is 4. The van der Waals surface area contributed by atoms with Gasteiger partial charge in [-0.3, -0.25) is 4.79 Å². The van der Waals surface area contributed by atoms with E-state index in [1.165, 1.54) is 4.90 Å². The van der Waals surface area contributed by atoms with Crippen molar-refractivity contribution in [3.8, 4) is 0 Å². The number of fused-ring (bicyclic) bond motifs is 1. The van der Waals surface area contributed by atoms with Crippen molar-refractivity contribution in [3.63, 3.8) is 0 Å². The van der Waals surface area contributed by atoms with E-state index in [0.29, 0.717) is 37.0 Å². The number of hydrogen-bond donors (Lipinski definition) is 3. The normalized spacial score (nSPS) is 19.0. The van der Waals surface area contributed by atoms with Gasteiger partial charge in [-0.1, -0.05) is 19.9 Å². The van der Waals surface area contributed by atoms with E-state index < -0.39 is 6.09 Å². The Labute approximate surface area is 189 Å². The Hall–Kier alpha value is -2.61. The molecule has 0 saturated carbocycles. The number of para-hydroxylation sites is 1. The molecular weight excluding hydrogens is 406 g/mol. The number of carbonyl (C=O) groups is 2. The van der Waals surface area contributed by atoms with Crippen LogP contribution in [-0.2, 0) is 0 Å². The van der Waals surface area contributed by atoms with E-state index >= 15 is 0 Å². The van der Waals surface area contributed by atoms with Gasteiger partial charge in [0.15, 0.2) is 0 Å². The van der Waals surface area contributed by atoms with Gasteiger partial charge in [0.25, 0.3) is 5.91 Å². The maximum Gasteiger partial charge on any atom is 0.407 e. The fourth-order valence-corrected chi connectivity index (χ4v) is 4.89.